The zero-order valence-corrected chi connectivity index (χ0v) is 11.3. The second-order valence-corrected chi connectivity index (χ2v) is 3.85. The van der Waals surface area contributed by atoms with E-state index in [1.807, 2.05) is 6.92 Å². The molecule has 0 radical (unpaired) electrons. The van der Waals surface area contributed by atoms with E-state index in [9.17, 15) is 4.79 Å². The van der Waals surface area contributed by atoms with Crippen molar-refractivity contribution < 1.29 is 4.79 Å². The van der Waals surface area contributed by atoms with E-state index in [0.29, 0.717) is 11.5 Å². The maximum Gasteiger partial charge on any atom is 0.267 e. The molecule has 1 heterocycles. The van der Waals surface area contributed by atoms with E-state index < -0.39 is 0 Å². The standard InChI is InChI=1S/C14H18N4O/c1-5-8-13(15)17-14(19)9-18-10(4)16-11(6-2)12(18)7-3/h5-8H,2-3,9H2,1,4H3,(H2,15,17,19)/b8-5-. The largest absolute Gasteiger partial charge is 0.384 e. The molecule has 0 aromatic carbocycles. The minimum atomic E-state index is -0.338. The Labute approximate surface area is 112 Å². The molecule has 0 saturated carbocycles. The first-order valence-corrected chi connectivity index (χ1v) is 5.85. The van der Waals surface area contributed by atoms with Gasteiger partial charge in [-0.3, -0.25) is 4.79 Å². The van der Waals surface area contributed by atoms with Crippen LogP contribution in [0.4, 0.5) is 0 Å². The quantitative estimate of drug-likeness (QED) is 0.648. The van der Waals surface area contributed by atoms with Gasteiger partial charge in [-0.2, -0.15) is 4.99 Å². The molecule has 0 spiro atoms. The van der Waals surface area contributed by atoms with Gasteiger partial charge in [-0.1, -0.05) is 19.2 Å². The van der Waals surface area contributed by atoms with Gasteiger partial charge in [0.2, 0.25) is 0 Å². The van der Waals surface area contributed by atoms with Crippen LogP contribution in [0.3, 0.4) is 0 Å². The summed E-state index contributed by atoms with van der Waals surface area (Å²) in [6.07, 6.45) is 6.56. The molecule has 1 aromatic rings. The average Bonchev–Trinajstić information content (AvgIpc) is 2.65. The lowest BCUT2D eigenvalue weighted by atomic mass is 10.3. The van der Waals surface area contributed by atoms with Crippen LogP contribution in [-0.2, 0) is 11.3 Å². The van der Waals surface area contributed by atoms with Crippen LogP contribution < -0.4 is 5.73 Å². The molecule has 100 valence electrons. The lowest BCUT2D eigenvalue weighted by molar-refractivity contribution is -0.118. The van der Waals surface area contributed by atoms with Crippen molar-refractivity contribution in [2.75, 3.05) is 0 Å². The number of nitrogens with zero attached hydrogens (tertiary/aromatic N) is 3. The number of carbonyl (C=O) groups excluding carboxylic acids is 1. The zero-order chi connectivity index (χ0) is 14.4. The smallest absolute Gasteiger partial charge is 0.267 e. The summed E-state index contributed by atoms with van der Waals surface area (Å²) in [5.41, 5.74) is 7.01. The summed E-state index contributed by atoms with van der Waals surface area (Å²) in [7, 11) is 0. The minimum absolute atomic E-state index is 0.0757. The number of aryl methyl sites for hydroxylation is 1. The van der Waals surface area contributed by atoms with Crippen LogP contribution in [0.15, 0.2) is 30.3 Å². The van der Waals surface area contributed by atoms with E-state index in [1.54, 1.807) is 35.8 Å². The van der Waals surface area contributed by atoms with E-state index in [0.717, 1.165) is 5.69 Å². The van der Waals surface area contributed by atoms with Crippen molar-refractivity contribution in [1.29, 1.82) is 0 Å². The minimum Gasteiger partial charge on any atom is -0.384 e. The molecule has 0 bridgehead atoms. The van der Waals surface area contributed by atoms with Crippen LogP contribution in [0.2, 0.25) is 0 Å². The number of allylic oxidation sites excluding steroid dienone is 1. The van der Waals surface area contributed by atoms with Crippen LogP contribution >= 0.6 is 0 Å². The third kappa shape index (κ3) is 3.51. The molecule has 2 N–H and O–H groups in total. The number of imidazole rings is 1. The third-order valence-electron chi connectivity index (χ3n) is 2.50. The molecule has 0 unspecified atom stereocenters. The van der Waals surface area contributed by atoms with Crippen LogP contribution in [0.25, 0.3) is 12.2 Å². The molecule has 1 amide bonds. The van der Waals surface area contributed by atoms with E-state index in [4.69, 9.17) is 5.73 Å². The van der Waals surface area contributed by atoms with E-state index in [2.05, 4.69) is 23.1 Å². The number of hydrogen-bond donors (Lipinski definition) is 1. The molecular weight excluding hydrogens is 240 g/mol. The van der Waals surface area contributed by atoms with Gasteiger partial charge < -0.3 is 10.3 Å². The number of amidine groups is 1. The summed E-state index contributed by atoms with van der Waals surface area (Å²) >= 11 is 0. The first kappa shape index (κ1) is 14.6. The van der Waals surface area contributed by atoms with Gasteiger partial charge in [0.1, 0.15) is 18.2 Å². The van der Waals surface area contributed by atoms with Gasteiger partial charge in [-0.15, -0.1) is 0 Å². The second-order valence-electron chi connectivity index (χ2n) is 3.85. The van der Waals surface area contributed by atoms with Gasteiger partial charge in [-0.25, -0.2) is 4.98 Å². The van der Waals surface area contributed by atoms with Gasteiger partial charge in [0.05, 0.1) is 11.4 Å². The molecule has 5 heteroatoms. The van der Waals surface area contributed by atoms with Crippen molar-refractivity contribution in [2.45, 2.75) is 20.4 Å². The zero-order valence-electron chi connectivity index (χ0n) is 11.3. The number of amides is 1. The van der Waals surface area contributed by atoms with Crippen molar-refractivity contribution >= 4 is 23.9 Å². The Hall–Kier alpha value is -2.43. The monoisotopic (exact) mass is 258 g/mol. The molecule has 0 fully saturated rings. The highest BCUT2D eigenvalue weighted by Crippen LogP contribution is 2.14. The highest BCUT2D eigenvalue weighted by atomic mass is 16.1. The summed E-state index contributed by atoms with van der Waals surface area (Å²) in [6, 6.07) is 0. The second kappa shape index (κ2) is 6.49. The number of hydrogen-bond acceptors (Lipinski definition) is 2. The highest BCUT2D eigenvalue weighted by Gasteiger charge is 2.12. The van der Waals surface area contributed by atoms with E-state index >= 15 is 0 Å². The van der Waals surface area contributed by atoms with Gasteiger partial charge in [0.25, 0.3) is 5.91 Å². The molecule has 0 aliphatic heterocycles. The predicted octanol–water partition coefficient (Wildman–Crippen LogP) is 1.94. The van der Waals surface area contributed by atoms with Crippen molar-refractivity contribution in [3.63, 3.8) is 0 Å². The lowest BCUT2D eigenvalue weighted by Crippen LogP contribution is -2.16. The first-order chi connectivity index (χ1) is 9.03. The lowest BCUT2D eigenvalue weighted by Gasteiger charge is -2.05. The molecule has 0 aliphatic rings. The maximum absolute atomic E-state index is 11.8. The summed E-state index contributed by atoms with van der Waals surface area (Å²) in [4.78, 5) is 19.9. The van der Waals surface area contributed by atoms with Crippen LogP contribution in [0.5, 0.6) is 0 Å². The van der Waals surface area contributed by atoms with Crippen LogP contribution in [0, 0.1) is 6.92 Å². The Morgan fingerprint density at radius 3 is 2.68 bits per heavy atom. The summed E-state index contributed by atoms with van der Waals surface area (Å²) < 4.78 is 1.73. The third-order valence-corrected chi connectivity index (χ3v) is 2.50. The molecule has 0 saturated heterocycles. The Morgan fingerprint density at radius 2 is 2.16 bits per heavy atom. The molecule has 0 atom stereocenters. The number of aromatic nitrogens is 2. The number of nitrogens with two attached hydrogens (primary N) is 1. The van der Waals surface area contributed by atoms with E-state index in [1.165, 1.54) is 0 Å². The molecular formula is C14H18N4O. The van der Waals surface area contributed by atoms with Crippen LogP contribution in [0.1, 0.15) is 24.1 Å². The molecule has 5 nitrogen and oxygen atoms in total. The summed E-state index contributed by atoms with van der Waals surface area (Å²) in [6.45, 7) is 11.1. The summed E-state index contributed by atoms with van der Waals surface area (Å²) in [5.74, 6) is 0.558. The Bertz CT molecular complexity index is 564. The van der Waals surface area contributed by atoms with Crippen LogP contribution in [-0.4, -0.2) is 21.3 Å². The fraction of sp³-hybridized carbons (Fsp3) is 0.214. The van der Waals surface area contributed by atoms with Gasteiger partial charge in [-0.05, 0) is 32.1 Å². The normalized spacial score (nSPS) is 11.8. The average molecular weight is 258 g/mol. The van der Waals surface area contributed by atoms with Crippen molar-refractivity contribution in [3.8, 4) is 0 Å². The van der Waals surface area contributed by atoms with Gasteiger partial charge in [0.15, 0.2) is 0 Å². The Balaban J connectivity index is 3.03. The fourth-order valence-electron chi connectivity index (χ4n) is 1.69. The molecule has 19 heavy (non-hydrogen) atoms. The van der Waals surface area contributed by atoms with Crippen molar-refractivity contribution in [2.24, 2.45) is 10.7 Å². The van der Waals surface area contributed by atoms with Crippen molar-refractivity contribution in [3.05, 3.63) is 42.5 Å². The Morgan fingerprint density at radius 1 is 1.47 bits per heavy atom. The topological polar surface area (TPSA) is 73.3 Å². The van der Waals surface area contributed by atoms with Crippen molar-refractivity contribution in [1.82, 2.24) is 9.55 Å². The number of rotatable bonds is 5. The van der Waals surface area contributed by atoms with Gasteiger partial charge in [0, 0.05) is 0 Å². The predicted molar refractivity (Wildman–Crippen MR) is 78.6 cm³/mol. The Kier molecular flexibility index (Phi) is 5.00. The SMILES string of the molecule is C=Cc1nc(C)n(CC(=O)N=C(N)/C=C\C)c1C=C. The molecule has 1 rings (SSSR count). The maximum atomic E-state index is 11.8. The van der Waals surface area contributed by atoms with E-state index in [-0.39, 0.29) is 18.3 Å². The molecule has 0 aliphatic carbocycles. The van der Waals surface area contributed by atoms with Gasteiger partial charge >= 0.3 is 0 Å². The number of aliphatic imine (C=N–C) groups is 1. The summed E-state index contributed by atoms with van der Waals surface area (Å²) in [5, 5.41) is 0. The fourth-order valence-corrected chi connectivity index (χ4v) is 1.69. The molecule has 1 aromatic heterocycles. The first-order valence-electron chi connectivity index (χ1n) is 5.85. The highest BCUT2D eigenvalue weighted by molar-refractivity contribution is 5.99. The number of carbonyl (C=O) groups is 1.